The molecule has 0 aliphatic carbocycles. The Hall–Kier alpha value is -2.04. The van der Waals surface area contributed by atoms with Crippen LogP contribution >= 0.6 is 0 Å². The topological polar surface area (TPSA) is 68.7 Å². The highest BCUT2D eigenvalue weighted by Gasteiger charge is 2.30. The third-order valence-corrected chi connectivity index (χ3v) is 2.93. The molecule has 5 nitrogen and oxygen atoms in total. The van der Waals surface area contributed by atoms with E-state index in [1.165, 1.54) is 5.01 Å². The molecule has 5 heteroatoms. The number of rotatable bonds is 2. The molecule has 1 aromatic carbocycles. The highest BCUT2D eigenvalue weighted by molar-refractivity contribution is 6.12. The second-order valence-corrected chi connectivity index (χ2v) is 4.35. The molecule has 1 unspecified atom stereocenters. The Bertz CT molecular complexity index is 460. The number of anilines is 1. The van der Waals surface area contributed by atoms with Crippen molar-refractivity contribution in [3.63, 3.8) is 0 Å². The summed E-state index contributed by atoms with van der Waals surface area (Å²) in [4.78, 5) is 2.04. The predicted molar refractivity (Wildman–Crippen MR) is 70.6 cm³/mol. The first-order chi connectivity index (χ1) is 8.00. The van der Waals surface area contributed by atoms with Gasteiger partial charge in [0.05, 0.1) is 0 Å². The predicted octanol–water partition coefficient (Wildman–Crippen LogP) is 1.03. The first kappa shape index (κ1) is 11.4. The van der Waals surface area contributed by atoms with Gasteiger partial charge in [0.25, 0.3) is 0 Å². The minimum atomic E-state index is -0.212. The first-order valence-electron chi connectivity index (χ1n) is 5.44. The van der Waals surface area contributed by atoms with E-state index in [1.54, 1.807) is 7.05 Å². The third kappa shape index (κ3) is 1.95. The number of amidine groups is 2. The van der Waals surface area contributed by atoms with Crippen LogP contribution in [0.2, 0.25) is 0 Å². The summed E-state index contributed by atoms with van der Waals surface area (Å²) < 4.78 is 0. The van der Waals surface area contributed by atoms with Crippen LogP contribution in [0.25, 0.3) is 0 Å². The smallest absolute Gasteiger partial charge is 0.135 e. The van der Waals surface area contributed by atoms with E-state index in [0.717, 1.165) is 11.3 Å². The largest absolute Gasteiger partial charge is 0.385 e. The minimum Gasteiger partial charge on any atom is -0.385 e. The van der Waals surface area contributed by atoms with Crippen LogP contribution in [0.5, 0.6) is 0 Å². The number of likely N-dealkylation sites (N-methyl/N-ethyl adjacent to an activating group) is 1. The molecule has 1 aromatic rings. The van der Waals surface area contributed by atoms with E-state index >= 15 is 0 Å². The molecule has 0 spiro atoms. The Morgan fingerprint density at radius 3 is 2.29 bits per heavy atom. The maximum atomic E-state index is 7.94. The van der Waals surface area contributed by atoms with Gasteiger partial charge in [-0.05, 0) is 17.7 Å². The monoisotopic (exact) mass is 231 g/mol. The second-order valence-electron chi connectivity index (χ2n) is 4.35. The average molecular weight is 231 g/mol. The highest BCUT2D eigenvalue weighted by atomic mass is 15.5. The molecule has 2 rings (SSSR count). The molecule has 0 bridgehead atoms. The maximum Gasteiger partial charge on any atom is 0.135 e. The van der Waals surface area contributed by atoms with Crippen LogP contribution in [0.1, 0.15) is 11.5 Å². The fourth-order valence-corrected chi connectivity index (χ4v) is 1.91. The number of hydrogen-bond donors (Lipinski definition) is 2. The standard InChI is InChI=1S/C12H17N5/c1-16(2)9-6-4-8(5-7-9)10-11(13)15-17(3)12(10)14/h4-7,10,14H,1-3H3,(H2,13,15). The summed E-state index contributed by atoms with van der Waals surface area (Å²) in [6.45, 7) is 0. The fourth-order valence-electron chi connectivity index (χ4n) is 1.91. The van der Waals surface area contributed by atoms with Crippen molar-refractivity contribution in [1.82, 2.24) is 5.01 Å². The number of hydrazone groups is 1. The van der Waals surface area contributed by atoms with Gasteiger partial charge >= 0.3 is 0 Å². The minimum absolute atomic E-state index is 0.212. The molecule has 17 heavy (non-hydrogen) atoms. The van der Waals surface area contributed by atoms with Crippen molar-refractivity contribution in [1.29, 1.82) is 5.41 Å². The summed E-state index contributed by atoms with van der Waals surface area (Å²) in [7, 11) is 5.73. The molecule has 0 fully saturated rings. The normalized spacial score (nSPS) is 19.5. The van der Waals surface area contributed by atoms with Crippen LogP contribution in [0, 0.1) is 5.41 Å². The van der Waals surface area contributed by atoms with E-state index in [0.29, 0.717) is 11.7 Å². The van der Waals surface area contributed by atoms with Crippen molar-refractivity contribution in [3.8, 4) is 0 Å². The molecule has 0 saturated heterocycles. The quantitative estimate of drug-likeness (QED) is 0.798. The Morgan fingerprint density at radius 1 is 1.29 bits per heavy atom. The molecule has 1 aliphatic rings. The summed E-state index contributed by atoms with van der Waals surface area (Å²) in [5, 5.41) is 13.5. The summed E-state index contributed by atoms with van der Waals surface area (Å²) in [6.07, 6.45) is 0. The molecular weight excluding hydrogens is 214 g/mol. The van der Waals surface area contributed by atoms with Crippen molar-refractivity contribution in [2.24, 2.45) is 10.8 Å². The Balaban J connectivity index is 2.30. The molecule has 3 N–H and O–H groups in total. The van der Waals surface area contributed by atoms with Crippen molar-refractivity contribution < 1.29 is 0 Å². The molecule has 1 atom stereocenters. The fraction of sp³-hybridized carbons (Fsp3) is 0.333. The van der Waals surface area contributed by atoms with Gasteiger partial charge in [-0.15, -0.1) is 0 Å². The van der Waals surface area contributed by atoms with E-state index in [2.05, 4.69) is 5.10 Å². The van der Waals surface area contributed by atoms with E-state index in [9.17, 15) is 0 Å². The van der Waals surface area contributed by atoms with E-state index in [4.69, 9.17) is 11.1 Å². The number of nitrogens with one attached hydrogen (secondary N) is 1. The van der Waals surface area contributed by atoms with Gasteiger partial charge in [-0.2, -0.15) is 5.10 Å². The molecule has 1 aliphatic heterocycles. The van der Waals surface area contributed by atoms with Gasteiger partial charge in [-0.25, -0.2) is 0 Å². The highest BCUT2D eigenvalue weighted by Crippen LogP contribution is 2.25. The van der Waals surface area contributed by atoms with Gasteiger partial charge in [0.1, 0.15) is 17.6 Å². The zero-order valence-corrected chi connectivity index (χ0v) is 10.3. The van der Waals surface area contributed by atoms with Gasteiger partial charge in [0, 0.05) is 26.8 Å². The zero-order chi connectivity index (χ0) is 12.6. The van der Waals surface area contributed by atoms with Crippen LogP contribution < -0.4 is 10.6 Å². The van der Waals surface area contributed by atoms with Crippen LogP contribution in [-0.2, 0) is 0 Å². The van der Waals surface area contributed by atoms with Gasteiger partial charge in [-0.3, -0.25) is 10.4 Å². The van der Waals surface area contributed by atoms with Gasteiger partial charge in [-0.1, -0.05) is 12.1 Å². The van der Waals surface area contributed by atoms with Crippen molar-refractivity contribution >= 4 is 17.4 Å². The summed E-state index contributed by atoms with van der Waals surface area (Å²) in [5.41, 5.74) is 7.98. The van der Waals surface area contributed by atoms with E-state index in [1.807, 2.05) is 43.3 Å². The van der Waals surface area contributed by atoms with Crippen LogP contribution in [-0.4, -0.2) is 37.8 Å². The van der Waals surface area contributed by atoms with Crippen molar-refractivity contribution in [3.05, 3.63) is 29.8 Å². The molecule has 90 valence electrons. The van der Waals surface area contributed by atoms with Crippen molar-refractivity contribution in [2.45, 2.75) is 5.92 Å². The van der Waals surface area contributed by atoms with Gasteiger partial charge in [0.2, 0.25) is 0 Å². The summed E-state index contributed by atoms with van der Waals surface area (Å²) in [5.74, 6) is 0.686. The summed E-state index contributed by atoms with van der Waals surface area (Å²) >= 11 is 0. The molecular formula is C12H17N5. The Morgan fingerprint density at radius 2 is 1.88 bits per heavy atom. The Labute approximate surface area is 101 Å². The lowest BCUT2D eigenvalue weighted by Crippen LogP contribution is -2.25. The molecule has 0 amide bonds. The molecule has 0 radical (unpaired) electrons. The lowest BCUT2D eigenvalue weighted by atomic mass is 9.97. The number of nitrogens with zero attached hydrogens (tertiary/aromatic N) is 3. The lowest BCUT2D eigenvalue weighted by Gasteiger charge is -2.16. The van der Waals surface area contributed by atoms with Crippen LogP contribution in [0.4, 0.5) is 5.69 Å². The zero-order valence-electron chi connectivity index (χ0n) is 10.3. The SMILES string of the molecule is CN1N=C(N)C(c2ccc(N(C)C)cc2)C1=N. The third-order valence-electron chi connectivity index (χ3n) is 2.93. The first-order valence-corrected chi connectivity index (χ1v) is 5.44. The van der Waals surface area contributed by atoms with Gasteiger partial charge in [0.15, 0.2) is 0 Å². The molecule has 0 saturated carbocycles. The number of benzene rings is 1. The average Bonchev–Trinajstić information content (AvgIpc) is 2.53. The Kier molecular flexibility index (Phi) is 2.75. The second kappa shape index (κ2) is 4.08. The maximum absolute atomic E-state index is 7.94. The van der Waals surface area contributed by atoms with Crippen LogP contribution in [0.3, 0.4) is 0 Å². The molecule has 0 aromatic heterocycles. The van der Waals surface area contributed by atoms with Gasteiger partial charge < -0.3 is 10.6 Å². The van der Waals surface area contributed by atoms with Crippen LogP contribution in [0.15, 0.2) is 29.4 Å². The number of hydrogen-bond acceptors (Lipinski definition) is 4. The molecule has 1 heterocycles. The lowest BCUT2D eigenvalue weighted by molar-refractivity contribution is 0.549. The van der Waals surface area contributed by atoms with Crippen molar-refractivity contribution in [2.75, 3.05) is 26.0 Å². The number of nitrogens with two attached hydrogens (primary N) is 1. The van der Waals surface area contributed by atoms with E-state index in [-0.39, 0.29) is 5.92 Å². The van der Waals surface area contributed by atoms with E-state index < -0.39 is 0 Å². The summed E-state index contributed by atoms with van der Waals surface area (Å²) in [6, 6.07) is 8.04.